The van der Waals surface area contributed by atoms with Gasteiger partial charge in [0.05, 0.1) is 5.02 Å². The number of hydrogen-bond acceptors (Lipinski definition) is 3. The molecule has 1 heterocycles. The van der Waals surface area contributed by atoms with E-state index in [1.165, 1.54) is 0 Å². The number of furan rings is 1. The second-order valence-corrected chi connectivity index (χ2v) is 5.54. The van der Waals surface area contributed by atoms with E-state index in [-0.39, 0.29) is 18.1 Å². The first-order valence-corrected chi connectivity index (χ1v) is 7.56. The summed E-state index contributed by atoms with van der Waals surface area (Å²) in [7, 11) is 0. The molecule has 5 nitrogen and oxygen atoms in total. The van der Waals surface area contributed by atoms with E-state index in [0.29, 0.717) is 23.6 Å². The van der Waals surface area contributed by atoms with Gasteiger partial charge in [-0.3, -0.25) is 9.59 Å². The zero-order chi connectivity index (χ0) is 16.1. The summed E-state index contributed by atoms with van der Waals surface area (Å²) in [5, 5.41) is 12.6. The van der Waals surface area contributed by atoms with E-state index in [9.17, 15) is 9.59 Å². The summed E-state index contributed by atoms with van der Waals surface area (Å²) in [4.78, 5) is 22.5. The van der Waals surface area contributed by atoms with Crippen molar-refractivity contribution in [3.8, 4) is 0 Å². The SMILES string of the molecule is Cc1c(C(=O)NCCCCCC(=O)O)oc2c(Cl)cccc12. The number of fused-ring (bicyclic) bond motifs is 1. The Hall–Kier alpha value is -2.01. The number of carboxylic acids is 1. The molecule has 1 amide bonds. The van der Waals surface area contributed by atoms with Gasteiger partial charge in [-0.05, 0) is 25.8 Å². The number of para-hydroxylation sites is 1. The number of nitrogens with one attached hydrogen (secondary N) is 1. The summed E-state index contributed by atoms with van der Waals surface area (Å²) in [6.07, 6.45) is 2.27. The van der Waals surface area contributed by atoms with E-state index in [4.69, 9.17) is 21.1 Å². The summed E-state index contributed by atoms with van der Waals surface area (Å²) in [5.74, 6) is -0.796. The number of halogens is 1. The molecule has 22 heavy (non-hydrogen) atoms. The van der Waals surface area contributed by atoms with Crippen molar-refractivity contribution in [3.63, 3.8) is 0 Å². The van der Waals surface area contributed by atoms with Crippen LogP contribution in [0.2, 0.25) is 5.02 Å². The number of hydrogen-bond donors (Lipinski definition) is 2. The highest BCUT2D eigenvalue weighted by atomic mass is 35.5. The maximum absolute atomic E-state index is 12.1. The molecule has 1 aromatic carbocycles. The summed E-state index contributed by atoms with van der Waals surface area (Å²) >= 11 is 6.06. The number of aryl methyl sites for hydroxylation is 1. The van der Waals surface area contributed by atoms with Crippen LogP contribution in [0.5, 0.6) is 0 Å². The quantitative estimate of drug-likeness (QED) is 0.760. The monoisotopic (exact) mass is 323 g/mol. The molecule has 0 aliphatic carbocycles. The lowest BCUT2D eigenvalue weighted by Crippen LogP contribution is -2.24. The standard InChI is InChI=1S/C16H18ClNO4/c1-10-11-6-5-7-12(17)15(11)22-14(10)16(21)18-9-4-2-3-8-13(19)20/h5-7H,2-4,8-9H2,1H3,(H,18,21)(H,19,20). The molecule has 0 aliphatic heterocycles. The van der Waals surface area contributed by atoms with Gasteiger partial charge in [-0.15, -0.1) is 0 Å². The lowest BCUT2D eigenvalue weighted by atomic mass is 10.1. The molecule has 118 valence electrons. The highest BCUT2D eigenvalue weighted by Crippen LogP contribution is 2.30. The molecule has 2 aromatic rings. The predicted molar refractivity (Wildman–Crippen MR) is 84.4 cm³/mol. The number of carboxylic acid groups (broad SMARTS) is 1. The van der Waals surface area contributed by atoms with Crippen LogP contribution in [0.15, 0.2) is 22.6 Å². The lowest BCUT2D eigenvalue weighted by molar-refractivity contribution is -0.137. The second-order valence-electron chi connectivity index (χ2n) is 5.13. The van der Waals surface area contributed by atoms with Crippen LogP contribution in [0.4, 0.5) is 0 Å². The van der Waals surface area contributed by atoms with Crippen LogP contribution < -0.4 is 5.32 Å². The van der Waals surface area contributed by atoms with Gasteiger partial charge in [0.15, 0.2) is 11.3 Å². The Bertz CT molecular complexity index is 693. The van der Waals surface area contributed by atoms with Crippen molar-refractivity contribution in [2.45, 2.75) is 32.6 Å². The van der Waals surface area contributed by atoms with Crippen molar-refractivity contribution >= 4 is 34.4 Å². The van der Waals surface area contributed by atoms with Gasteiger partial charge in [0.1, 0.15) is 0 Å². The van der Waals surface area contributed by atoms with E-state index in [1.807, 2.05) is 19.1 Å². The highest BCUT2D eigenvalue weighted by Gasteiger charge is 2.18. The molecular formula is C16H18ClNO4. The van der Waals surface area contributed by atoms with Gasteiger partial charge in [-0.2, -0.15) is 0 Å². The van der Waals surface area contributed by atoms with Crippen molar-refractivity contribution in [1.82, 2.24) is 5.32 Å². The minimum absolute atomic E-state index is 0.162. The van der Waals surface area contributed by atoms with Crippen LogP contribution in [0.25, 0.3) is 11.0 Å². The number of rotatable bonds is 7. The third kappa shape index (κ3) is 3.80. The van der Waals surface area contributed by atoms with E-state index in [2.05, 4.69) is 5.32 Å². The molecule has 0 radical (unpaired) electrons. The number of unbranched alkanes of at least 4 members (excludes halogenated alkanes) is 2. The van der Waals surface area contributed by atoms with Crippen molar-refractivity contribution in [2.75, 3.05) is 6.54 Å². The molecule has 0 saturated heterocycles. The molecule has 0 unspecified atom stereocenters. The Balaban J connectivity index is 1.92. The molecule has 0 fully saturated rings. The highest BCUT2D eigenvalue weighted by molar-refractivity contribution is 6.35. The summed E-state index contributed by atoms with van der Waals surface area (Å²) < 4.78 is 5.58. The third-order valence-electron chi connectivity index (χ3n) is 3.47. The fourth-order valence-corrected chi connectivity index (χ4v) is 2.50. The summed E-state index contributed by atoms with van der Waals surface area (Å²) in [6.45, 7) is 2.31. The first-order chi connectivity index (χ1) is 10.5. The minimum Gasteiger partial charge on any atom is -0.481 e. The molecule has 2 rings (SSSR count). The number of amides is 1. The molecule has 0 saturated carbocycles. The lowest BCUT2D eigenvalue weighted by Gasteiger charge is -2.03. The summed E-state index contributed by atoms with van der Waals surface area (Å²) in [6, 6.07) is 5.40. The molecule has 0 spiro atoms. The minimum atomic E-state index is -0.793. The van der Waals surface area contributed by atoms with Gasteiger partial charge >= 0.3 is 5.97 Å². The number of carbonyl (C=O) groups is 2. The Morgan fingerprint density at radius 1 is 1.27 bits per heavy atom. The number of carbonyl (C=O) groups excluding carboxylic acids is 1. The van der Waals surface area contributed by atoms with Gasteiger partial charge in [0.25, 0.3) is 5.91 Å². The fourth-order valence-electron chi connectivity index (χ4n) is 2.29. The molecule has 1 aromatic heterocycles. The smallest absolute Gasteiger partial charge is 0.303 e. The number of benzene rings is 1. The van der Waals surface area contributed by atoms with E-state index in [1.54, 1.807) is 6.07 Å². The first-order valence-electron chi connectivity index (χ1n) is 7.18. The van der Waals surface area contributed by atoms with E-state index in [0.717, 1.165) is 23.8 Å². The first kappa shape index (κ1) is 16.4. The zero-order valence-corrected chi connectivity index (χ0v) is 13.1. The van der Waals surface area contributed by atoms with Crippen LogP contribution >= 0.6 is 11.6 Å². The topological polar surface area (TPSA) is 79.5 Å². The van der Waals surface area contributed by atoms with Crippen LogP contribution in [-0.2, 0) is 4.79 Å². The molecule has 6 heteroatoms. The Kier molecular flexibility index (Phi) is 5.44. The zero-order valence-electron chi connectivity index (χ0n) is 12.3. The predicted octanol–water partition coefficient (Wildman–Crippen LogP) is 3.77. The molecule has 2 N–H and O–H groups in total. The van der Waals surface area contributed by atoms with Gasteiger partial charge in [0.2, 0.25) is 0 Å². The maximum atomic E-state index is 12.1. The van der Waals surface area contributed by atoms with Gasteiger partial charge < -0.3 is 14.8 Å². The van der Waals surface area contributed by atoms with Crippen molar-refractivity contribution in [3.05, 3.63) is 34.5 Å². The summed E-state index contributed by atoms with van der Waals surface area (Å²) in [5.41, 5.74) is 1.29. The van der Waals surface area contributed by atoms with Crippen LogP contribution in [0, 0.1) is 6.92 Å². The van der Waals surface area contributed by atoms with Crippen LogP contribution in [0.1, 0.15) is 41.8 Å². The van der Waals surface area contributed by atoms with Crippen molar-refractivity contribution in [1.29, 1.82) is 0 Å². The van der Waals surface area contributed by atoms with Gasteiger partial charge in [-0.25, -0.2) is 0 Å². The van der Waals surface area contributed by atoms with E-state index < -0.39 is 5.97 Å². The molecule has 0 atom stereocenters. The van der Waals surface area contributed by atoms with Gasteiger partial charge in [0, 0.05) is 23.9 Å². The van der Waals surface area contributed by atoms with Crippen LogP contribution in [0.3, 0.4) is 0 Å². The Morgan fingerprint density at radius 2 is 2.05 bits per heavy atom. The Labute approximate surface area is 133 Å². The second kappa shape index (κ2) is 7.31. The number of aliphatic carboxylic acids is 1. The maximum Gasteiger partial charge on any atom is 0.303 e. The Morgan fingerprint density at radius 3 is 2.73 bits per heavy atom. The molecular weight excluding hydrogens is 306 g/mol. The average molecular weight is 324 g/mol. The van der Waals surface area contributed by atoms with E-state index >= 15 is 0 Å². The third-order valence-corrected chi connectivity index (χ3v) is 3.77. The van der Waals surface area contributed by atoms with Crippen molar-refractivity contribution in [2.24, 2.45) is 0 Å². The molecule has 0 bridgehead atoms. The molecule has 0 aliphatic rings. The fraction of sp³-hybridized carbons (Fsp3) is 0.375. The van der Waals surface area contributed by atoms with Gasteiger partial charge in [-0.1, -0.05) is 30.2 Å². The average Bonchev–Trinajstić information content (AvgIpc) is 2.81. The normalized spacial score (nSPS) is 10.8. The van der Waals surface area contributed by atoms with Crippen molar-refractivity contribution < 1.29 is 19.1 Å². The van der Waals surface area contributed by atoms with Crippen LogP contribution in [-0.4, -0.2) is 23.5 Å². The largest absolute Gasteiger partial charge is 0.481 e.